The van der Waals surface area contributed by atoms with E-state index in [0.717, 1.165) is 36.0 Å². The average molecular weight is 413 g/mol. The number of allylic oxidation sites excluding steroid dienone is 3. The van der Waals surface area contributed by atoms with Gasteiger partial charge in [-0.05, 0) is 104 Å². The molecule has 2 heteroatoms. The maximum absolute atomic E-state index is 11.4. The van der Waals surface area contributed by atoms with Crippen molar-refractivity contribution in [2.45, 2.75) is 91.9 Å². The van der Waals surface area contributed by atoms with E-state index in [-0.39, 0.29) is 5.97 Å². The molecule has 0 aliphatic heterocycles. The summed E-state index contributed by atoms with van der Waals surface area (Å²) >= 11 is 0. The van der Waals surface area contributed by atoms with E-state index >= 15 is 0 Å². The largest absolute Gasteiger partial charge is 0.466 e. The maximum Gasteiger partial charge on any atom is 0.330 e. The smallest absolute Gasteiger partial charge is 0.330 e. The van der Waals surface area contributed by atoms with Crippen molar-refractivity contribution < 1.29 is 9.53 Å². The van der Waals surface area contributed by atoms with Crippen molar-refractivity contribution in [1.82, 2.24) is 0 Å². The number of hydrogen-bond acceptors (Lipinski definition) is 2. The van der Waals surface area contributed by atoms with Crippen LogP contribution in [0, 0.1) is 46.3 Å². The van der Waals surface area contributed by atoms with Crippen molar-refractivity contribution in [3.05, 3.63) is 23.8 Å². The van der Waals surface area contributed by atoms with Crippen LogP contribution in [0.1, 0.15) is 91.9 Å². The van der Waals surface area contributed by atoms with Gasteiger partial charge in [0.25, 0.3) is 0 Å². The molecule has 8 atom stereocenters. The van der Waals surface area contributed by atoms with Gasteiger partial charge in [-0.25, -0.2) is 4.79 Å². The summed E-state index contributed by atoms with van der Waals surface area (Å²) in [6.07, 6.45) is 20.0. The highest BCUT2D eigenvalue weighted by Gasteiger charge is 2.56. The normalized spacial score (nSPS) is 44.0. The lowest BCUT2D eigenvalue weighted by Gasteiger charge is -2.55. The van der Waals surface area contributed by atoms with E-state index in [1.54, 1.807) is 6.08 Å². The summed E-state index contributed by atoms with van der Waals surface area (Å²) in [5.41, 5.74) is 2.90. The Kier molecular flexibility index (Phi) is 6.26. The van der Waals surface area contributed by atoms with Crippen molar-refractivity contribution in [2.24, 2.45) is 46.3 Å². The van der Waals surface area contributed by atoms with Gasteiger partial charge in [0.15, 0.2) is 0 Å². The third-order valence-electron chi connectivity index (χ3n) is 10.4. The summed E-state index contributed by atoms with van der Waals surface area (Å²) in [5.74, 6) is 4.90. The van der Waals surface area contributed by atoms with Gasteiger partial charge in [0.1, 0.15) is 0 Å². The molecule has 0 spiro atoms. The van der Waals surface area contributed by atoms with Crippen molar-refractivity contribution in [2.75, 3.05) is 7.11 Å². The quantitative estimate of drug-likeness (QED) is 0.268. The van der Waals surface area contributed by atoms with Crippen LogP contribution in [0.2, 0.25) is 0 Å². The number of fused-ring (bicyclic) bond motifs is 5. The Hall–Kier alpha value is -1.05. The van der Waals surface area contributed by atoms with Crippen LogP contribution in [0.15, 0.2) is 23.8 Å². The molecule has 30 heavy (non-hydrogen) atoms. The van der Waals surface area contributed by atoms with E-state index in [4.69, 9.17) is 4.74 Å². The van der Waals surface area contributed by atoms with Gasteiger partial charge in [-0.3, -0.25) is 0 Å². The molecule has 4 aliphatic rings. The molecule has 4 aliphatic carbocycles. The maximum atomic E-state index is 11.4. The molecule has 4 rings (SSSR count). The highest BCUT2D eigenvalue weighted by atomic mass is 16.5. The minimum absolute atomic E-state index is 0.227. The van der Waals surface area contributed by atoms with Gasteiger partial charge < -0.3 is 4.74 Å². The molecule has 168 valence electrons. The second-order valence-corrected chi connectivity index (χ2v) is 11.8. The Morgan fingerprint density at radius 3 is 2.73 bits per heavy atom. The topological polar surface area (TPSA) is 26.3 Å². The lowest BCUT2D eigenvalue weighted by molar-refractivity contribution is -0.134. The lowest BCUT2D eigenvalue weighted by atomic mass is 9.50. The van der Waals surface area contributed by atoms with Gasteiger partial charge >= 0.3 is 5.97 Å². The summed E-state index contributed by atoms with van der Waals surface area (Å²) in [4.78, 5) is 11.4. The van der Waals surface area contributed by atoms with Crippen LogP contribution in [0.5, 0.6) is 0 Å². The van der Waals surface area contributed by atoms with Crippen LogP contribution in [0.25, 0.3) is 0 Å². The summed E-state index contributed by atoms with van der Waals surface area (Å²) in [6.45, 7) is 9.95. The zero-order chi connectivity index (χ0) is 21.5. The zero-order valence-electron chi connectivity index (χ0n) is 20.1. The first kappa shape index (κ1) is 22.2. The molecule has 0 aromatic heterocycles. The van der Waals surface area contributed by atoms with E-state index < -0.39 is 0 Å². The Morgan fingerprint density at radius 1 is 1.20 bits per heavy atom. The molecule has 0 radical (unpaired) electrons. The molecule has 0 aromatic rings. The van der Waals surface area contributed by atoms with Gasteiger partial charge in [0.05, 0.1) is 7.11 Å². The summed E-state index contributed by atoms with van der Waals surface area (Å²) in [5, 5.41) is 0. The average Bonchev–Trinajstić information content (AvgIpc) is 3.10. The summed E-state index contributed by atoms with van der Waals surface area (Å²) in [7, 11) is 1.45. The number of esters is 1. The molecule has 3 saturated carbocycles. The summed E-state index contributed by atoms with van der Waals surface area (Å²) < 4.78 is 4.75. The first-order valence-corrected chi connectivity index (χ1v) is 12.7. The zero-order valence-corrected chi connectivity index (χ0v) is 20.1. The molecule has 0 heterocycles. The van der Waals surface area contributed by atoms with Crippen LogP contribution in [-0.2, 0) is 9.53 Å². The number of carbonyl (C=O) groups excluding carboxylic acids is 1. The van der Waals surface area contributed by atoms with Gasteiger partial charge in [0, 0.05) is 6.08 Å². The molecule has 0 aromatic carbocycles. The SMILES string of the molecule is CC[C@]1(C)CC[C@H]2C(=CC[C@@H]3[C@@H]2CC[C@]2(C)[C@@H]([C@H](C)C/C=C\C(=O)OC)CC[C@@H]32)C1. The fourth-order valence-corrected chi connectivity index (χ4v) is 8.45. The van der Waals surface area contributed by atoms with Crippen molar-refractivity contribution >= 4 is 5.97 Å². The first-order valence-electron chi connectivity index (χ1n) is 12.7. The fourth-order valence-electron chi connectivity index (χ4n) is 8.45. The van der Waals surface area contributed by atoms with Crippen LogP contribution in [-0.4, -0.2) is 13.1 Å². The molecule has 0 amide bonds. The Morgan fingerprint density at radius 2 is 2.00 bits per heavy atom. The van der Waals surface area contributed by atoms with E-state index in [1.807, 2.05) is 11.6 Å². The molecule has 0 saturated heterocycles. The van der Waals surface area contributed by atoms with Gasteiger partial charge in [-0.2, -0.15) is 0 Å². The minimum atomic E-state index is -0.227. The van der Waals surface area contributed by atoms with Gasteiger partial charge in [-0.1, -0.05) is 51.8 Å². The molecule has 0 unspecified atom stereocenters. The highest BCUT2D eigenvalue weighted by molar-refractivity contribution is 5.81. The molecule has 0 bridgehead atoms. The van der Waals surface area contributed by atoms with E-state index in [2.05, 4.69) is 33.8 Å². The standard InChI is InChI=1S/C28H44O2/c1-6-27(3)16-14-21-20(18-27)10-11-23-22(21)15-17-28(4)24(12-13-25(23)28)19(2)8-7-9-26(29)30-5/h7,9-10,19,21-25H,6,8,11-18H2,1-5H3/b9-7-/t19-,21+,22-,23-,24-,25+,27-,28-/m1/s1. The number of carbonyl (C=O) groups is 1. The number of hydrogen-bond donors (Lipinski definition) is 0. The van der Waals surface area contributed by atoms with Crippen molar-refractivity contribution in [3.63, 3.8) is 0 Å². The highest BCUT2D eigenvalue weighted by Crippen LogP contribution is 2.65. The molecular weight excluding hydrogens is 368 g/mol. The number of rotatable bonds is 5. The molecule has 2 nitrogen and oxygen atoms in total. The molecule has 0 N–H and O–H groups in total. The predicted octanol–water partition coefficient (Wildman–Crippen LogP) is 7.35. The second-order valence-electron chi connectivity index (χ2n) is 11.8. The number of ether oxygens (including phenoxy) is 1. The third-order valence-corrected chi connectivity index (χ3v) is 10.4. The predicted molar refractivity (Wildman–Crippen MR) is 124 cm³/mol. The Bertz CT molecular complexity index is 705. The van der Waals surface area contributed by atoms with Crippen molar-refractivity contribution in [3.8, 4) is 0 Å². The van der Waals surface area contributed by atoms with Crippen molar-refractivity contribution in [1.29, 1.82) is 0 Å². The summed E-state index contributed by atoms with van der Waals surface area (Å²) in [6, 6.07) is 0. The van der Waals surface area contributed by atoms with Gasteiger partial charge in [0.2, 0.25) is 0 Å². The molecule has 3 fully saturated rings. The number of methoxy groups -OCH3 is 1. The van der Waals surface area contributed by atoms with Crippen LogP contribution in [0.3, 0.4) is 0 Å². The minimum Gasteiger partial charge on any atom is -0.466 e. The first-order chi connectivity index (χ1) is 14.3. The van der Waals surface area contributed by atoms with Crippen LogP contribution in [0.4, 0.5) is 0 Å². The van der Waals surface area contributed by atoms with E-state index in [0.29, 0.717) is 16.7 Å². The monoisotopic (exact) mass is 412 g/mol. The second kappa shape index (κ2) is 8.47. The lowest BCUT2D eigenvalue weighted by Crippen LogP contribution is -2.47. The van der Waals surface area contributed by atoms with Gasteiger partial charge in [-0.15, -0.1) is 0 Å². The van der Waals surface area contributed by atoms with Crippen LogP contribution >= 0.6 is 0 Å². The van der Waals surface area contributed by atoms with E-state index in [1.165, 1.54) is 64.9 Å². The van der Waals surface area contributed by atoms with Crippen LogP contribution < -0.4 is 0 Å². The van der Waals surface area contributed by atoms with E-state index in [9.17, 15) is 4.79 Å². The Balaban J connectivity index is 1.46. The third kappa shape index (κ3) is 3.82. The Labute approximate surface area is 184 Å². The molecular formula is C28H44O2. The fraction of sp³-hybridized carbons (Fsp3) is 0.821.